The van der Waals surface area contributed by atoms with Crippen LogP contribution >= 0.6 is 0 Å². The van der Waals surface area contributed by atoms with Gasteiger partial charge in [-0.15, -0.1) is 0 Å². The zero-order valence-electron chi connectivity index (χ0n) is 14.1. The second-order valence-corrected chi connectivity index (χ2v) is 6.12. The van der Waals surface area contributed by atoms with Gasteiger partial charge in [0.25, 0.3) is 0 Å². The summed E-state index contributed by atoms with van der Waals surface area (Å²) in [4.78, 5) is 37.5. The van der Waals surface area contributed by atoms with Gasteiger partial charge in [-0.2, -0.15) is 0 Å². The molecule has 6 heteroatoms. The average molecular weight is 312 g/mol. The van der Waals surface area contributed by atoms with Gasteiger partial charge in [-0.1, -0.05) is 13.8 Å². The van der Waals surface area contributed by atoms with Crippen molar-refractivity contribution in [1.82, 2.24) is 10.2 Å². The molecule has 1 saturated heterocycles. The van der Waals surface area contributed by atoms with E-state index in [2.05, 4.69) is 10.1 Å². The van der Waals surface area contributed by atoms with Crippen molar-refractivity contribution in [2.75, 3.05) is 20.2 Å². The molecule has 0 unspecified atom stereocenters. The topological polar surface area (TPSA) is 75.7 Å². The highest BCUT2D eigenvalue weighted by Crippen LogP contribution is 2.19. The van der Waals surface area contributed by atoms with Gasteiger partial charge in [-0.3, -0.25) is 14.4 Å². The molecule has 0 aliphatic carbocycles. The van der Waals surface area contributed by atoms with E-state index in [9.17, 15) is 14.4 Å². The van der Waals surface area contributed by atoms with Gasteiger partial charge in [0, 0.05) is 25.0 Å². The van der Waals surface area contributed by atoms with Crippen LogP contribution in [-0.2, 0) is 19.1 Å². The lowest BCUT2D eigenvalue weighted by Gasteiger charge is -2.34. The molecule has 0 saturated carbocycles. The van der Waals surface area contributed by atoms with Gasteiger partial charge in [-0.25, -0.2) is 0 Å². The maximum atomic E-state index is 12.3. The summed E-state index contributed by atoms with van der Waals surface area (Å²) >= 11 is 0. The minimum absolute atomic E-state index is 0.0000549. The molecule has 0 aromatic carbocycles. The molecular formula is C16H28N2O4. The van der Waals surface area contributed by atoms with Crippen LogP contribution in [0.25, 0.3) is 0 Å². The van der Waals surface area contributed by atoms with Gasteiger partial charge in [0.2, 0.25) is 11.8 Å². The zero-order valence-corrected chi connectivity index (χ0v) is 14.1. The van der Waals surface area contributed by atoms with Gasteiger partial charge in [0.05, 0.1) is 19.4 Å². The number of piperidine rings is 1. The molecule has 3 atom stereocenters. The van der Waals surface area contributed by atoms with Crippen molar-refractivity contribution in [2.45, 2.75) is 52.5 Å². The van der Waals surface area contributed by atoms with Crippen molar-refractivity contribution in [1.29, 1.82) is 0 Å². The normalized spacial score (nSPS) is 20.9. The minimum Gasteiger partial charge on any atom is -0.469 e. The molecule has 0 aromatic heterocycles. The lowest BCUT2D eigenvalue weighted by Crippen LogP contribution is -2.48. The molecule has 0 bridgehead atoms. The van der Waals surface area contributed by atoms with Crippen LogP contribution in [0.3, 0.4) is 0 Å². The fourth-order valence-electron chi connectivity index (χ4n) is 2.62. The maximum Gasteiger partial charge on any atom is 0.307 e. The Bertz CT molecular complexity index is 411. The Kier molecular flexibility index (Phi) is 7.35. The first kappa shape index (κ1) is 18.5. The van der Waals surface area contributed by atoms with E-state index < -0.39 is 0 Å². The van der Waals surface area contributed by atoms with Crippen LogP contribution in [-0.4, -0.2) is 48.9 Å². The monoisotopic (exact) mass is 312 g/mol. The Hall–Kier alpha value is -1.59. The summed E-state index contributed by atoms with van der Waals surface area (Å²) in [6.45, 7) is 6.89. The Morgan fingerprint density at radius 2 is 2.00 bits per heavy atom. The summed E-state index contributed by atoms with van der Waals surface area (Å²) in [6.07, 6.45) is 2.58. The highest BCUT2D eigenvalue weighted by atomic mass is 16.5. The summed E-state index contributed by atoms with van der Waals surface area (Å²) in [6, 6.07) is -0.263. The largest absolute Gasteiger partial charge is 0.469 e. The van der Waals surface area contributed by atoms with Crippen LogP contribution < -0.4 is 5.32 Å². The number of ether oxygens (including phenoxy) is 1. The van der Waals surface area contributed by atoms with Gasteiger partial charge in [0.15, 0.2) is 0 Å². The molecule has 1 rings (SSSR count). The number of rotatable bonds is 6. The van der Waals surface area contributed by atoms with E-state index in [0.29, 0.717) is 6.54 Å². The summed E-state index contributed by atoms with van der Waals surface area (Å²) in [7, 11) is 1.33. The number of carbonyl (C=O) groups is 3. The summed E-state index contributed by atoms with van der Waals surface area (Å²) in [5, 5.41) is 2.84. The number of hydrogen-bond donors (Lipinski definition) is 1. The number of nitrogens with zero attached hydrogens (tertiary/aromatic N) is 1. The third kappa shape index (κ3) is 5.31. The Labute approximate surface area is 132 Å². The van der Waals surface area contributed by atoms with Crippen LogP contribution in [0.5, 0.6) is 0 Å². The lowest BCUT2D eigenvalue weighted by atomic mass is 9.95. The molecule has 1 aliphatic rings. The number of nitrogens with one attached hydrogen (secondary N) is 1. The molecule has 2 amide bonds. The van der Waals surface area contributed by atoms with E-state index in [0.717, 1.165) is 25.8 Å². The van der Waals surface area contributed by atoms with Crippen molar-refractivity contribution in [3.8, 4) is 0 Å². The number of likely N-dealkylation sites (tertiary alicyclic amines) is 1. The summed E-state index contributed by atoms with van der Waals surface area (Å²) in [5.41, 5.74) is 0. The second-order valence-electron chi connectivity index (χ2n) is 6.12. The van der Waals surface area contributed by atoms with Gasteiger partial charge < -0.3 is 15.0 Å². The van der Waals surface area contributed by atoms with Gasteiger partial charge >= 0.3 is 5.97 Å². The number of carbonyl (C=O) groups excluding carboxylic acids is 3. The maximum absolute atomic E-state index is 12.3. The van der Waals surface area contributed by atoms with Crippen molar-refractivity contribution in [3.05, 3.63) is 0 Å². The molecule has 0 aromatic rings. The smallest absolute Gasteiger partial charge is 0.307 e. The first-order valence-electron chi connectivity index (χ1n) is 8.05. The molecule has 22 heavy (non-hydrogen) atoms. The molecule has 0 spiro atoms. The van der Waals surface area contributed by atoms with E-state index in [4.69, 9.17) is 0 Å². The zero-order chi connectivity index (χ0) is 16.7. The Balaban J connectivity index is 2.52. The van der Waals surface area contributed by atoms with E-state index in [1.54, 1.807) is 11.8 Å². The number of methoxy groups -OCH3 is 1. The lowest BCUT2D eigenvalue weighted by molar-refractivity contribution is -0.141. The number of esters is 1. The number of amides is 2. The molecule has 1 N–H and O–H groups in total. The van der Waals surface area contributed by atoms with E-state index >= 15 is 0 Å². The molecule has 0 radical (unpaired) electrons. The first-order valence-corrected chi connectivity index (χ1v) is 8.05. The molecule has 1 aliphatic heterocycles. The molecule has 1 heterocycles. The van der Waals surface area contributed by atoms with E-state index in [1.807, 2.05) is 13.8 Å². The third-order valence-corrected chi connectivity index (χ3v) is 4.23. The van der Waals surface area contributed by atoms with E-state index in [1.165, 1.54) is 7.11 Å². The highest BCUT2D eigenvalue weighted by Gasteiger charge is 2.30. The molecule has 126 valence electrons. The predicted octanol–water partition coefficient (Wildman–Crippen LogP) is 1.34. The van der Waals surface area contributed by atoms with Crippen molar-refractivity contribution in [3.63, 3.8) is 0 Å². The van der Waals surface area contributed by atoms with Crippen LogP contribution in [0.2, 0.25) is 0 Å². The quantitative estimate of drug-likeness (QED) is 0.751. The fraction of sp³-hybridized carbons (Fsp3) is 0.812. The van der Waals surface area contributed by atoms with E-state index in [-0.39, 0.29) is 42.1 Å². The Morgan fingerprint density at radius 3 is 2.59 bits per heavy atom. The summed E-state index contributed by atoms with van der Waals surface area (Å²) < 4.78 is 4.59. The van der Waals surface area contributed by atoms with Crippen molar-refractivity contribution < 1.29 is 19.1 Å². The summed E-state index contributed by atoms with van der Waals surface area (Å²) in [5.74, 6) is -0.493. The first-order chi connectivity index (χ1) is 10.4. The molecule has 1 fully saturated rings. The minimum atomic E-state index is -0.343. The predicted molar refractivity (Wildman–Crippen MR) is 83.0 cm³/mol. The van der Waals surface area contributed by atoms with Crippen LogP contribution in [0.1, 0.15) is 46.5 Å². The van der Waals surface area contributed by atoms with Gasteiger partial charge in [-0.05, 0) is 26.2 Å². The molecular weight excluding hydrogens is 284 g/mol. The third-order valence-electron chi connectivity index (χ3n) is 4.23. The average Bonchev–Trinajstić information content (AvgIpc) is 2.53. The van der Waals surface area contributed by atoms with Crippen molar-refractivity contribution >= 4 is 17.8 Å². The number of hydrogen-bond acceptors (Lipinski definition) is 4. The van der Waals surface area contributed by atoms with Crippen LogP contribution in [0.4, 0.5) is 0 Å². The second kappa shape index (κ2) is 8.76. The fourth-order valence-corrected chi connectivity index (χ4v) is 2.62. The molecule has 6 nitrogen and oxygen atoms in total. The van der Waals surface area contributed by atoms with Gasteiger partial charge in [0.1, 0.15) is 0 Å². The van der Waals surface area contributed by atoms with Crippen LogP contribution in [0, 0.1) is 11.8 Å². The SMILES string of the molecule is CC[C@H](C)C(=O)N1CCC[C@@H](C(=O)N[C@H](C)CC(=O)OC)C1. The van der Waals surface area contributed by atoms with Crippen molar-refractivity contribution in [2.24, 2.45) is 11.8 Å². The highest BCUT2D eigenvalue weighted by molar-refractivity contribution is 5.82. The Morgan fingerprint density at radius 1 is 1.32 bits per heavy atom. The standard InChI is InChI=1S/C16H28N2O4/c1-5-11(2)16(21)18-8-6-7-13(10-18)15(20)17-12(3)9-14(19)22-4/h11-13H,5-10H2,1-4H3,(H,17,20)/t11-,12+,13+/m0/s1. The van der Waals surface area contributed by atoms with Crippen LogP contribution in [0.15, 0.2) is 0 Å².